The van der Waals surface area contributed by atoms with Crippen molar-refractivity contribution in [3.05, 3.63) is 0 Å². The molecule has 0 aromatic heterocycles. The Morgan fingerprint density at radius 2 is 0.727 bits per heavy atom. The van der Waals surface area contributed by atoms with Crippen LogP contribution in [0.1, 0.15) is 96.3 Å². The molecule has 0 heterocycles. The molecule has 3 rings (SSSR count). The van der Waals surface area contributed by atoms with E-state index in [0.717, 1.165) is 0 Å². The number of hydrogen-bond acceptors (Lipinski definition) is 0. The van der Waals surface area contributed by atoms with Gasteiger partial charge in [-0.2, -0.15) is 0 Å². The standard InChI is InChI=1S/3C6H11.Cl2HP.Ru/c3*1-2-4-6-5-3-1;1-3-2;/h3*1H,2-6H2;3H;. The molecule has 22 heavy (non-hydrogen) atoms. The van der Waals surface area contributed by atoms with Gasteiger partial charge >= 0.3 is 126 Å². The summed E-state index contributed by atoms with van der Waals surface area (Å²) in [6.07, 6.45) is 24.0. The zero-order chi connectivity index (χ0) is 15.6. The molecule has 0 unspecified atom stereocenters. The molecular weight excluding hydrogens is 419 g/mol. The quantitative estimate of drug-likeness (QED) is 0.296. The zero-order valence-corrected chi connectivity index (χ0v) is 18.2. The van der Waals surface area contributed by atoms with Crippen LogP contribution >= 0.6 is 29.8 Å². The summed E-state index contributed by atoms with van der Waals surface area (Å²) in [6.45, 7) is 0. The Balaban J connectivity index is 0.000000545. The van der Waals surface area contributed by atoms with Crippen LogP contribution in [-0.4, -0.2) is 0 Å². The molecule has 0 spiro atoms. The third-order valence-corrected chi connectivity index (χ3v) is 13.5. The van der Waals surface area contributed by atoms with E-state index in [4.69, 9.17) is 22.5 Å². The van der Waals surface area contributed by atoms with E-state index in [-0.39, 0.29) is 7.29 Å². The molecule has 0 aromatic carbocycles. The van der Waals surface area contributed by atoms with Crippen LogP contribution < -0.4 is 0 Å². The molecular formula is C18H34Cl2PRu. The van der Waals surface area contributed by atoms with Gasteiger partial charge < -0.3 is 0 Å². The van der Waals surface area contributed by atoms with Gasteiger partial charge in [-0.3, -0.25) is 0 Å². The molecule has 0 atom stereocenters. The zero-order valence-electron chi connectivity index (χ0n) is 13.9. The van der Waals surface area contributed by atoms with Gasteiger partial charge in [0.2, 0.25) is 0 Å². The Hall–Kier alpha value is 1.63. The molecule has 0 aliphatic heterocycles. The molecule has 0 nitrogen and oxygen atoms in total. The minimum Gasteiger partial charge on any atom is -0.0818 e. The molecule has 3 saturated carbocycles. The van der Waals surface area contributed by atoms with Crippen molar-refractivity contribution in [2.45, 2.75) is 110 Å². The summed E-state index contributed by atoms with van der Waals surface area (Å²) in [5.74, 6) is 0. The van der Waals surface area contributed by atoms with Crippen LogP contribution in [0.4, 0.5) is 0 Å². The smallest absolute Gasteiger partial charge is 0.0713 e. The molecule has 0 N–H and O–H groups in total. The maximum absolute atomic E-state index is 4.79. The number of halogens is 2. The van der Waals surface area contributed by atoms with E-state index < -0.39 is 16.0 Å². The molecule has 0 aromatic rings. The minimum absolute atomic E-state index is 0.0278. The van der Waals surface area contributed by atoms with E-state index in [1.807, 2.05) is 0 Å². The average molecular weight is 453 g/mol. The average Bonchev–Trinajstić information content (AvgIpc) is 2.59. The van der Waals surface area contributed by atoms with Crippen LogP contribution in [-0.2, 0) is 16.0 Å². The first-order valence-corrected chi connectivity index (χ1v) is 15.5. The number of hydrogen-bond donors (Lipinski definition) is 0. The van der Waals surface area contributed by atoms with Crippen molar-refractivity contribution < 1.29 is 16.0 Å². The summed E-state index contributed by atoms with van der Waals surface area (Å²) in [6, 6.07) is 0. The minimum atomic E-state index is -0.530. The van der Waals surface area contributed by atoms with Gasteiger partial charge in [-0.05, 0) is 0 Å². The Kier molecular flexibility index (Phi) is 10.9. The third kappa shape index (κ3) is 6.50. The van der Waals surface area contributed by atoms with Crippen LogP contribution in [0.5, 0.6) is 0 Å². The molecule has 0 amide bonds. The van der Waals surface area contributed by atoms with E-state index >= 15 is 0 Å². The van der Waals surface area contributed by atoms with E-state index in [2.05, 4.69) is 0 Å². The van der Waals surface area contributed by atoms with Crippen molar-refractivity contribution in [3.63, 3.8) is 0 Å². The predicted molar refractivity (Wildman–Crippen MR) is 101 cm³/mol. The van der Waals surface area contributed by atoms with Gasteiger partial charge in [0, 0.05) is 0 Å². The van der Waals surface area contributed by atoms with Gasteiger partial charge in [0.05, 0.1) is 7.29 Å². The second-order valence-corrected chi connectivity index (χ2v) is 14.9. The largest absolute Gasteiger partial charge is 0.0818 e. The second-order valence-electron chi connectivity index (χ2n) is 7.07. The first-order chi connectivity index (χ1) is 10.9. The summed E-state index contributed by atoms with van der Waals surface area (Å²) < 4.78 is 3.80. The predicted octanol–water partition coefficient (Wildman–Crippen LogP) is 8.83. The fraction of sp³-hybridized carbons (Fsp3) is 1.00. The molecule has 0 radical (unpaired) electrons. The van der Waals surface area contributed by atoms with Crippen LogP contribution in [0.15, 0.2) is 0 Å². The summed E-state index contributed by atoms with van der Waals surface area (Å²) in [4.78, 5) is 0. The number of rotatable bonds is 3. The van der Waals surface area contributed by atoms with E-state index in [0.29, 0.717) is 0 Å². The van der Waals surface area contributed by atoms with E-state index in [9.17, 15) is 0 Å². The maximum atomic E-state index is 4.79. The maximum Gasteiger partial charge on any atom is 0.0713 e. The van der Waals surface area contributed by atoms with Crippen LogP contribution in [0, 0.1) is 0 Å². The summed E-state index contributed by atoms with van der Waals surface area (Å²) in [7, 11) is 0.0278. The molecule has 3 aliphatic carbocycles. The van der Waals surface area contributed by atoms with Crippen LogP contribution in [0.2, 0.25) is 13.5 Å². The third-order valence-electron chi connectivity index (χ3n) is 5.56. The van der Waals surface area contributed by atoms with Gasteiger partial charge in [0.15, 0.2) is 0 Å². The Labute approximate surface area is 155 Å². The van der Waals surface area contributed by atoms with Crippen molar-refractivity contribution in [1.29, 1.82) is 0 Å². The Bertz CT molecular complexity index is 229. The first-order valence-electron chi connectivity index (χ1n) is 9.44. The fourth-order valence-corrected chi connectivity index (χ4v) is 13.6. The van der Waals surface area contributed by atoms with Gasteiger partial charge in [-0.15, -0.1) is 0 Å². The molecule has 3 aliphatic rings. The van der Waals surface area contributed by atoms with Crippen molar-refractivity contribution >= 4 is 29.8 Å². The Morgan fingerprint density at radius 3 is 0.955 bits per heavy atom. The molecule has 4 heteroatoms. The van der Waals surface area contributed by atoms with E-state index in [1.165, 1.54) is 13.5 Å². The molecule has 0 saturated heterocycles. The molecule has 0 bridgehead atoms. The van der Waals surface area contributed by atoms with Crippen molar-refractivity contribution in [3.8, 4) is 0 Å². The summed E-state index contributed by atoms with van der Waals surface area (Å²) in [5, 5.41) is 0. The van der Waals surface area contributed by atoms with Crippen molar-refractivity contribution in [1.82, 2.24) is 0 Å². The molecule has 3 fully saturated rings. The van der Waals surface area contributed by atoms with Gasteiger partial charge in [0.25, 0.3) is 0 Å². The van der Waals surface area contributed by atoms with E-state index in [1.54, 1.807) is 96.3 Å². The second kappa shape index (κ2) is 12.1. The Morgan fingerprint density at radius 1 is 0.500 bits per heavy atom. The topological polar surface area (TPSA) is 0 Å². The van der Waals surface area contributed by atoms with Crippen molar-refractivity contribution in [2.24, 2.45) is 0 Å². The van der Waals surface area contributed by atoms with Gasteiger partial charge in [-0.25, -0.2) is 0 Å². The van der Waals surface area contributed by atoms with Gasteiger partial charge in [0.1, 0.15) is 0 Å². The van der Waals surface area contributed by atoms with Crippen LogP contribution in [0.25, 0.3) is 0 Å². The molecule has 133 valence electrons. The summed E-state index contributed by atoms with van der Waals surface area (Å²) in [5.41, 5.74) is 0. The first kappa shape index (κ1) is 20.0. The SMILES string of the molecule is C1CC[CH]([Ru]([CH]2CCCCC2)[CH]2CCCCC2)CC1.ClPCl. The monoisotopic (exact) mass is 453 g/mol. The van der Waals surface area contributed by atoms with Gasteiger partial charge in [-0.1, -0.05) is 22.5 Å². The van der Waals surface area contributed by atoms with Crippen LogP contribution in [0.3, 0.4) is 0 Å². The van der Waals surface area contributed by atoms with Crippen molar-refractivity contribution in [2.75, 3.05) is 0 Å². The normalized spacial score (nSPS) is 26.2. The summed E-state index contributed by atoms with van der Waals surface area (Å²) >= 11 is 9.05. The fourth-order valence-electron chi connectivity index (χ4n) is 4.54.